The van der Waals surface area contributed by atoms with Gasteiger partial charge < -0.3 is 19.9 Å². The van der Waals surface area contributed by atoms with Crippen molar-refractivity contribution >= 4 is 23.6 Å². The van der Waals surface area contributed by atoms with Crippen LogP contribution in [0, 0.1) is 11.8 Å². The maximum Gasteiger partial charge on any atom is 0.416 e. The standard InChI is InChI=1S/C22H23ClF3N5O3/c23-17-4-13(3-16(5-17)22(24,25)26)12-34-21(33)29-1-2-31-18(11-29)6-19(28-31)20(32)30-9-14-7-27-8-15(14)10-30/h3-6,14-15,27H,1-2,7-12H2. The number of aromatic nitrogens is 2. The lowest BCUT2D eigenvalue weighted by Crippen LogP contribution is -2.38. The lowest BCUT2D eigenvalue weighted by molar-refractivity contribution is -0.137. The molecule has 0 saturated carbocycles. The molecule has 2 aromatic rings. The number of nitrogens with zero attached hydrogens (tertiary/aromatic N) is 4. The van der Waals surface area contributed by atoms with E-state index in [9.17, 15) is 22.8 Å². The first-order valence-electron chi connectivity index (χ1n) is 11.0. The van der Waals surface area contributed by atoms with Gasteiger partial charge in [-0.3, -0.25) is 9.48 Å². The number of nitrogens with one attached hydrogen (secondary N) is 1. The van der Waals surface area contributed by atoms with Gasteiger partial charge in [-0.15, -0.1) is 0 Å². The third-order valence-corrected chi connectivity index (χ3v) is 6.82. The van der Waals surface area contributed by atoms with Gasteiger partial charge in [0.25, 0.3) is 5.91 Å². The Balaban J connectivity index is 1.20. The zero-order chi connectivity index (χ0) is 24.0. The van der Waals surface area contributed by atoms with Gasteiger partial charge in [0, 0.05) is 37.7 Å². The topological polar surface area (TPSA) is 79.7 Å². The summed E-state index contributed by atoms with van der Waals surface area (Å²) in [6.45, 7) is 3.85. The molecule has 34 heavy (non-hydrogen) atoms. The van der Waals surface area contributed by atoms with Crippen LogP contribution >= 0.6 is 11.6 Å². The maximum atomic E-state index is 13.0. The van der Waals surface area contributed by atoms with Crippen molar-refractivity contribution in [2.45, 2.75) is 25.9 Å². The van der Waals surface area contributed by atoms with E-state index >= 15 is 0 Å². The second kappa shape index (κ2) is 8.77. The van der Waals surface area contributed by atoms with E-state index in [0.29, 0.717) is 36.3 Å². The molecule has 2 atom stereocenters. The minimum atomic E-state index is -4.55. The summed E-state index contributed by atoms with van der Waals surface area (Å²) in [5, 5.41) is 7.69. The van der Waals surface area contributed by atoms with Crippen molar-refractivity contribution in [3.8, 4) is 0 Å². The molecule has 2 amide bonds. The van der Waals surface area contributed by atoms with Crippen LogP contribution in [-0.4, -0.2) is 64.3 Å². The quantitative estimate of drug-likeness (QED) is 0.705. The first-order valence-corrected chi connectivity index (χ1v) is 11.4. The van der Waals surface area contributed by atoms with Gasteiger partial charge in [-0.2, -0.15) is 18.3 Å². The summed E-state index contributed by atoms with van der Waals surface area (Å²) in [5.74, 6) is 0.864. The van der Waals surface area contributed by atoms with Crippen LogP contribution in [0.1, 0.15) is 27.3 Å². The summed E-state index contributed by atoms with van der Waals surface area (Å²) >= 11 is 5.78. The average molecular weight is 498 g/mol. The third kappa shape index (κ3) is 4.58. The highest BCUT2D eigenvalue weighted by molar-refractivity contribution is 6.30. The molecule has 2 saturated heterocycles. The van der Waals surface area contributed by atoms with Gasteiger partial charge in [0.05, 0.1) is 24.3 Å². The Labute approximate surface area is 198 Å². The number of carbonyl (C=O) groups excluding carboxylic acids is 2. The van der Waals surface area contributed by atoms with Crippen molar-refractivity contribution in [1.82, 2.24) is 24.9 Å². The molecule has 1 N–H and O–H groups in total. The second-order valence-electron chi connectivity index (χ2n) is 8.95. The minimum absolute atomic E-state index is 0.0853. The fourth-order valence-electron chi connectivity index (χ4n) is 4.84. The summed E-state index contributed by atoms with van der Waals surface area (Å²) in [6, 6.07) is 4.75. The minimum Gasteiger partial charge on any atom is -0.445 e. The van der Waals surface area contributed by atoms with Crippen molar-refractivity contribution in [2.24, 2.45) is 11.8 Å². The zero-order valence-electron chi connectivity index (χ0n) is 18.1. The van der Waals surface area contributed by atoms with E-state index in [-0.39, 0.29) is 29.6 Å². The van der Waals surface area contributed by atoms with Crippen LogP contribution in [0.15, 0.2) is 24.3 Å². The van der Waals surface area contributed by atoms with Crippen LogP contribution in [0.3, 0.4) is 0 Å². The molecule has 0 aliphatic carbocycles. The molecule has 3 aliphatic heterocycles. The Hall–Kier alpha value is -2.79. The van der Waals surface area contributed by atoms with Gasteiger partial charge in [-0.1, -0.05) is 11.6 Å². The normalized spacial score (nSPS) is 22.0. The Morgan fingerprint density at radius 1 is 1.09 bits per heavy atom. The highest BCUT2D eigenvalue weighted by atomic mass is 35.5. The van der Waals surface area contributed by atoms with Gasteiger partial charge in [-0.05, 0) is 41.7 Å². The van der Waals surface area contributed by atoms with E-state index in [1.165, 1.54) is 11.0 Å². The smallest absolute Gasteiger partial charge is 0.416 e. The molecule has 5 rings (SSSR count). The first-order chi connectivity index (χ1) is 16.2. The van der Waals surface area contributed by atoms with Gasteiger partial charge in [-0.25, -0.2) is 4.79 Å². The number of hydrogen-bond donors (Lipinski definition) is 1. The van der Waals surface area contributed by atoms with Gasteiger partial charge in [0.2, 0.25) is 0 Å². The van der Waals surface area contributed by atoms with Crippen molar-refractivity contribution in [1.29, 1.82) is 0 Å². The number of carbonyl (C=O) groups is 2. The fourth-order valence-corrected chi connectivity index (χ4v) is 5.10. The van der Waals surface area contributed by atoms with Crippen molar-refractivity contribution in [3.05, 3.63) is 51.8 Å². The maximum absolute atomic E-state index is 13.0. The van der Waals surface area contributed by atoms with Crippen LogP contribution in [-0.2, 0) is 30.6 Å². The van der Waals surface area contributed by atoms with Crippen molar-refractivity contribution in [3.63, 3.8) is 0 Å². The molecule has 8 nitrogen and oxygen atoms in total. The molecule has 0 radical (unpaired) electrons. The van der Waals surface area contributed by atoms with Crippen molar-refractivity contribution < 1.29 is 27.5 Å². The number of benzene rings is 1. The van der Waals surface area contributed by atoms with E-state index in [2.05, 4.69) is 10.4 Å². The fraction of sp³-hybridized carbons (Fsp3) is 0.500. The molecular formula is C22H23ClF3N5O3. The predicted molar refractivity (Wildman–Crippen MR) is 115 cm³/mol. The number of alkyl halides is 3. The van der Waals surface area contributed by atoms with Gasteiger partial charge >= 0.3 is 12.3 Å². The number of likely N-dealkylation sites (tertiary alicyclic amines) is 1. The Morgan fingerprint density at radius 2 is 1.82 bits per heavy atom. The van der Waals surface area contributed by atoms with E-state index in [0.717, 1.165) is 38.3 Å². The number of rotatable bonds is 3. The molecule has 1 aromatic carbocycles. The summed E-state index contributed by atoms with van der Waals surface area (Å²) < 4.78 is 45.9. The van der Waals surface area contributed by atoms with Gasteiger partial charge in [0.1, 0.15) is 6.61 Å². The van der Waals surface area contributed by atoms with E-state index in [1.54, 1.807) is 10.7 Å². The summed E-state index contributed by atoms with van der Waals surface area (Å²) in [5.41, 5.74) is 0.309. The number of halogens is 4. The Morgan fingerprint density at radius 3 is 2.53 bits per heavy atom. The third-order valence-electron chi connectivity index (χ3n) is 6.60. The molecular weight excluding hydrogens is 475 g/mol. The molecule has 182 valence electrons. The largest absolute Gasteiger partial charge is 0.445 e. The number of amides is 2. The monoisotopic (exact) mass is 497 g/mol. The lowest BCUT2D eigenvalue weighted by atomic mass is 10.0. The molecule has 0 bridgehead atoms. The zero-order valence-corrected chi connectivity index (χ0v) is 18.9. The molecule has 12 heteroatoms. The number of hydrogen-bond acceptors (Lipinski definition) is 5. The van der Waals surface area contributed by atoms with E-state index in [1.807, 2.05) is 4.90 Å². The lowest BCUT2D eigenvalue weighted by Gasteiger charge is -2.26. The molecule has 3 aliphatic rings. The molecule has 2 fully saturated rings. The predicted octanol–water partition coefficient (Wildman–Crippen LogP) is 3.00. The number of fused-ring (bicyclic) bond motifs is 2. The summed E-state index contributed by atoms with van der Waals surface area (Å²) in [7, 11) is 0. The van der Waals surface area contributed by atoms with E-state index in [4.69, 9.17) is 16.3 Å². The summed E-state index contributed by atoms with van der Waals surface area (Å²) in [6.07, 6.45) is -5.21. The van der Waals surface area contributed by atoms with Crippen LogP contribution in [0.5, 0.6) is 0 Å². The highest BCUT2D eigenvalue weighted by Gasteiger charge is 2.39. The second-order valence-corrected chi connectivity index (χ2v) is 9.39. The molecule has 0 spiro atoms. The van der Waals surface area contributed by atoms with Crippen LogP contribution < -0.4 is 5.32 Å². The molecule has 1 aromatic heterocycles. The number of ether oxygens (including phenoxy) is 1. The first kappa shape index (κ1) is 23.0. The van der Waals surface area contributed by atoms with Crippen LogP contribution in [0.2, 0.25) is 5.02 Å². The van der Waals surface area contributed by atoms with Crippen LogP contribution in [0.4, 0.5) is 18.0 Å². The van der Waals surface area contributed by atoms with E-state index < -0.39 is 17.8 Å². The molecule has 4 heterocycles. The van der Waals surface area contributed by atoms with Crippen molar-refractivity contribution in [2.75, 3.05) is 32.7 Å². The molecule has 2 unspecified atom stereocenters. The summed E-state index contributed by atoms with van der Waals surface area (Å²) in [4.78, 5) is 28.8. The SMILES string of the molecule is O=C(OCc1cc(Cl)cc(C(F)(F)F)c1)N1CCn2nc(C(=O)N3CC4CNCC4C3)cc2C1. The van der Waals surface area contributed by atoms with Crippen LogP contribution in [0.25, 0.3) is 0 Å². The highest BCUT2D eigenvalue weighted by Crippen LogP contribution is 2.32. The Kier molecular flexibility index (Phi) is 5.93. The Bertz CT molecular complexity index is 1110. The average Bonchev–Trinajstić information content (AvgIpc) is 3.50. The van der Waals surface area contributed by atoms with Gasteiger partial charge in [0.15, 0.2) is 5.69 Å².